The third kappa shape index (κ3) is 3.97. The third-order valence-corrected chi connectivity index (χ3v) is 6.68. The highest BCUT2D eigenvalue weighted by atomic mass is 35.5. The van der Waals surface area contributed by atoms with Crippen molar-refractivity contribution in [3.63, 3.8) is 0 Å². The molecule has 0 radical (unpaired) electrons. The van der Waals surface area contributed by atoms with Gasteiger partial charge in [0.05, 0.1) is 25.8 Å². The zero-order chi connectivity index (χ0) is 19.7. The summed E-state index contributed by atoms with van der Waals surface area (Å²) in [6, 6.07) is 7.78. The van der Waals surface area contributed by atoms with Crippen LogP contribution in [0.2, 0.25) is 4.34 Å². The standard InChI is InChI=1S/C20H19ClN4OS2/c1-13-10-14(2)18-16(11-13)28-20(23-18)25(8-3-7-24-9-6-22-12-24)19(26)15-4-5-17(21)27-15/h4-6,9-12H,3,7-8H2,1-2H3. The van der Waals surface area contributed by atoms with Crippen molar-refractivity contribution in [1.29, 1.82) is 0 Å². The van der Waals surface area contributed by atoms with Crippen LogP contribution in [0.5, 0.6) is 0 Å². The van der Waals surface area contributed by atoms with E-state index in [9.17, 15) is 4.79 Å². The predicted molar refractivity (Wildman–Crippen MR) is 117 cm³/mol. The number of fused-ring (bicyclic) bond motifs is 1. The van der Waals surface area contributed by atoms with E-state index in [0.29, 0.717) is 15.8 Å². The number of carbonyl (C=O) groups excluding carboxylic acids is 1. The third-order valence-electron chi connectivity index (χ3n) is 4.44. The van der Waals surface area contributed by atoms with Gasteiger partial charge in [-0.1, -0.05) is 29.0 Å². The number of thiophene rings is 1. The SMILES string of the molecule is Cc1cc(C)c2nc(N(CCCn3ccnc3)C(=O)c3ccc(Cl)s3)sc2c1. The van der Waals surface area contributed by atoms with Crippen LogP contribution in [0.1, 0.15) is 27.2 Å². The minimum atomic E-state index is -0.0593. The molecule has 0 N–H and O–H groups in total. The lowest BCUT2D eigenvalue weighted by atomic mass is 10.1. The van der Waals surface area contributed by atoms with Gasteiger partial charge in [0.2, 0.25) is 0 Å². The van der Waals surface area contributed by atoms with Crippen LogP contribution in [0, 0.1) is 13.8 Å². The van der Waals surface area contributed by atoms with Crippen molar-refractivity contribution >= 4 is 55.5 Å². The normalized spacial score (nSPS) is 11.2. The number of hydrogen-bond acceptors (Lipinski definition) is 5. The number of anilines is 1. The van der Waals surface area contributed by atoms with Gasteiger partial charge in [-0.05, 0) is 49.6 Å². The first-order chi connectivity index (χ1) is 13.5. The predicted octanol–water partition coefficient (Wildman–Crippen LogP) is 5.56. The minimum absolute atomic E-state index is 0.0593. The van der Waals surface area contributed by atoms with Crippen LogP contribution in [0.25, 0.3) is 10.2 Å². The molecule has 144 valence electrons. The molecule has 3 aromatic heterocycles. The molecule has 5 nitrogen and oxygen atoms in total. The van der Waals surface area contributed by atoms with E-state index < -0.39 is 0 Å². The molecular formula is C20H19ClN4OS2. The molecule has 0 unspecified atom stereocenters. The second-order valence-electron chi connectivity index (χ2n) is 6.64. The zero-order valence-corrected chi connectivity index (χ0v) is 17.9. The Morgan fingerprint density at radius 1 is 1.25 bits per heavy atom. The number of nitrogens with zero attached hydrogens (tertiary/aromatic N) is 4. The van der Waals surface area contributed by atoms with Crippen molar-refractivity contribution in [3.8, 4) is 0 Å². The van der Waals surface area contributed by atoms with Gasteiger partial charge in [0.1, 0.15) is 0 Å². The second kappa shape index (κ2) is 8.03. The minimum Gasteiger partial charge on any atom is -0.337 e. The Morgan fingerprint density at radius 2 is 2.11 bits per heavy atom. The highest BCUT2D eigenvalue weighted by Gasteiger charge is 2.23. The first-order valence-electron chi connectivity index (χ1n) is 8.92. The Kier molecular flexibility index (Phi) is 5.48. The van der Waals surface area contributed by atoms with Crippen molar-refractivity contribution in [3.05, 3.63) is 63.3 Å². The van der Waals surface area contributed by atoms with Crippen molar-refractivity contribution in [2.45, 2.75) is 26.8 Å². The molecule has 3 heterocycles. The number of halogens is 1. The number of thiazole rings is 1. The zero-order valence-electron chi connectivity index (χ0n) is 15.6. The van der Waals surface area contributed by atoms with E-state index in [1.807, 2.05) is 10.8 Å². The number of imidazole rings is 1. The molecule has 0 saturated carbocycles. The van der Waals surface area contributed by atoms with Crippen LogP contribution in [0.4, 0.5) is 5.13 Å². The molecule has 0 atom stereocenters. The number of carbonyl (C=O) groups is 1. The van der Waals surface area contributed by atoms with Crippen LogP contribution in [-0.4, -0.2) is 27.0 Å². The maximum atomic E-state index is 13.2. The lowest BCUT2D eigenvalue weighted by molar-refractivity contribution is 0.0990. The monoisotopic (exact) mass is 430 g/mol. The molecule has 4 aromatic rings. The fraction of sp³-hybridized carbons (Fsp3) is 0.250. The van der Waals surface area contributed by atoms with E-state index in [-0.39, 0.29) is 5.91 Å². The van der Waals surface area contributed by atoms with Gasteiger partial charge in [0, 0.05) is 25.5 Å². The second-order valence-corrected chi connectivity index (χ2v) is 9.36. The van der Waals surface area contributed by atoms with Gasteiger partial charge in [-0.3, -0.25) is 9.69 Å². The van der Waals surface area contributed by atoms with Crippen LogP contribution < -0.4 is 4.90 Å². The van der Waals surface area contributed by atoms with Gasteiger partial charge >= 0.3 is 0 Å². The van der Waals surface area contributed by atoms with Crippen LogP contribution in [-0.2, 0) is 6.54 Å². The van der Waals surface area contributed by atoms with Crippen molar-refractivity contribution in [1.82, 2.24) is 14.5 Å². The summed E-state index contributed by atoms with van der Waals surface area (Å²) in [5.74, 6) is -0.0593. The number of benzene rings is 1. The number of aromatic nitrogens is 3. The molecular weight excluding hydrogens is 412 g/mol. The molecule has 0 saturated heterocycles. The average molecular weight is 431 g/mol. The molecule has 0 fully saturated rings. The summed E-state index contributed by atoms with van der Waals surface area (Å²) in [5.41, 5.74) is 3.29. The fourth-order valence-corrected chi connectivity index (χ4v) is 5.31. The van der Waals surface area contributed by atoms with Crippen LogP contribution >= 0.6 is 34.3 Å². The fourth-order valence-electron chi connectivity index (χ4n) is 3.15. The van der Waals surface area contributed by atoms with Gasteiger partial charge in [0.15, 0.2) is 5.13 Å². The number of rotatable bonds is 6. The van der Waals surface area contributed by atoms with Gasteiger partial charge in [0.25, 0.3) is 5.91 Å². The summed E-state index contributed by atoms with van der Waals surface area (Å²) < 4.78 is 3.72. The van der Waals surface area contributed by atoms with Crippen molar-refractivity contribution < 1.29 is 4.79 Å². The largest absolute Gasteiger partial charge is 0.337 e. The smallest absolute Gasteiger partial charge is 0.270 e. The summed E-state index contributed by atoms with van der Waals surface area (Å²) >= 11 is 8.91. The molecule has 0 aliphatic heterocycles. The number of amides is 1. The van der Waals surface area contributed by atoms with Crippen molar-refractivity contribution in [2.24, 2.45) is 0 Å². The highest BCUT2D eigenvalue weighted by Crippen LogP contribution is 2.33. The summed E-state index contributed by atoms with van der Waals surface area (Å²) in [6.07, 6.45) is 6.27. The molecule has 0 aliphatic carbocycles. The highest BCUT2D eigenvalue weighted by molar-refractivity contribution is 7.22. The maximum Gasteiger partial charge on any atom is 0.270 e. The van der Waals surface area contributed by atoms with Crippen LogP contribution in [0.3, 0.4) is 0 Å². The molecule has 28 heavy (non-hydrogen) atoms. The molecule has 0 spiro atoms. The molecule has 0 bridgehead atoms. The molecule has 1 aromatic carbocycles. The Morgan fingerprint density at radius 3 is 2.82 bits per heavy atom. The van der Waals surface area contributed by atoms with E-state index in [1.54, 1.807) is 40.9 Å². The summed E-state index contributed by atoms with van der Waals surface area (Å²) in [6.45, 7) is 5.50. The Hall–Kier alpha value is -2.22. The molecule has 8 heteroatoms. The number of hydrogen-bond donors (Lipinski definition) is 0. The van der Waals surface area contributed by atoms with Gasteiger partial charge in [-0.15, -0.1) is 11.3 Å². The van der Waals surface area contributed by atoms with E-state index in [1.165, 1.54) is 16.9 Å². The first kappa shape index (κ1) is 19.1. The average Bonchev–Trinajstić information content (AvgIpc) is 3.38. The molecule has 4 rings (SSSR count). The first-order valence-corrected chi connectivity index (χ1v) is 10.9. The lowest BCUT2D eigenvalue weighted by Crippen LogP contribution is -2.31. The van der Waals surface area contributed by atoms with Gasteiger partial charge in [-0.2, -0.15) is 0 Å². The van der Waals surface area contributed by atoms with Crippen molar-refractivity contribution in [2.75, 3.05) is 11.4 Å². The molecule has 0 aliphatic rings. The van der Waals surface area contributed by atoms with Crippen LogP contribution in [0.15, 0.2) is 43.0 Å². The summed E-state index contributed by atoms with van der Waals surface area (Å²) in [7, 11) is 0. The number of aryl methyl sites for hydroxylation is 3. The maximum absolute atomic E-state index is 13.2. The molecule has 1 amide bonds. The van der Waals surface area contributed by atoms with E-state index in [0.717, 1.165) is 33.9 Å². The quantitative estimate of drug-likeness (QED) is 0.402. The Labute approximate surface area is 176 Å². The summed E-state index contributed by atoms with van der Waals surface area (Å²) in [4.78, 5) is 24.5. The van der Waals surface area contributed by atoms with Gasteiger partial charge in [-0.25, -0.2) is 9.97 Å². The lowest BCUT2D eigenvalue weighted by Gasteiger charge is -2.19. The topological polar surface area (TPSA) is 51.0 Å². The van der Waals surface area contributed by atoms with E-state index >= 15 is 0 Å². The summed E-state index contributed by atoms with van der Waals surface area (Å²) in [5, 5.41) is 0.726. The Balaban J connectivity index is 1.65. The Bertz CT molecular complexity index is 1120. The van der Waals surface area contributed by atoms with Gasteiger partial charge < -0.3 is 4.57 Å². The van der Waals surface area contributed by atoms with E-state index in [4.69, 9.17) is 16.6 Å². The van der Waals surface area contributed by atoms with E-state index in [2.05, 4.69) is 31.0 Å².